The van der Waals surface area contributed by atoms with Gasteiger partial charge in [-0.15, -0.1) is 0 Å². The summed E-state index contributed by atoms with van der Waals surface area (Å²) in [7, 11) is 2.74. The second-order valence-corrected chi connectivity index (χ2v) is 5.04. The van der Waals surface area contributed by atoms with Crippen LogP contribution in [-0.4, -0.2) is 42.2 Å². The number of nitrogens with zero attached hydrogens (tertiary/aromatic N) is 2. The quantitative estimate of drug-likeness (QED) is 0.491. The average molecular weight is 200 g/mol. The van der Waals surface area contributed by atoms with Crippen LogP contribution in [0.5, 0.6) is 0 Å². The minimum atomic E-state index is 0.772. The summed E-state index contributed by atoms with van der Waals surface area (Å²) in [4.78, 5) is 12.4. The smallest absolute Gasteiger partial charge is 0.209 e. The number of carbonyl (C=O) groups is 1. The maximum Gasteiger partial charge on any atom is 0.209 e. The van der Waals surface area contributed by atoms with Crippen LogP contribution in [0.3, 0.4) is 0 Å². The predicted octanol–water partition coefficient (Wildman–Crippen LogP) is 0.577. The van der Waals surface area contributed by atoms with Crippen LogP contribution in [0.2, 0.25) is 0 Å². The van der Waals surface area contributed by atoms with Crippen molar-refractivity contribution in [3.63, 3.8) is 0 Å². The SMILES string of the molecule is O=CN1CCC(CC2CN(P)C2)C1. The van der Waals surface area contributed by atoms with E-state index >= 15 is 0 Å². The van der Waals surface area contributed by atoms with Gasteiger partial charge < -0.3 is 4.90 Å². The Morgan fingerprint density at radius 2 is 2.08 bits per heavy atom. The monoisotopic (exact) mass is 200 g/mol. The molecule has 2 saturated heterocycles. The van der Waals surface area contributed by atoms with E-state index in [2.05, 4.69) is 14.1 Å². The largest absolute Gasteiger partial charge is 0.345 e. The first-order chi connectivity index (χ1) is 6.28. The number of rotatable bonds is 3. The summed E-state index contributed by atoms with van der Waals surface area (Å²) >= 11 is 0. The number of carbonyl (C=O) groups excluding carboxylic acids is 1. The zero-order chi connectivity index (χ0) is 9.26. The first kappa shape index (κ1) is 9.42. The van der Waals surface area contributed by atoms with Gasteiger partial charge in [0.15, 0.2) is 0 Å². The highest BCUT2D eigenvalue weighted by molar-refractivity contribution is 7.13. The highest BCUT2D eigenvalue weighted by Gasteiger charge is 2.29. The molecule has 3 nitrogen and oxygen atoms in total. The van der Waals surface area contributed by atoms with E-state index in [1.165, 1.54) is 25.9 Å². The lowest BCUT2D eigenvalue weighted by Gasteiger charge is -2.37. The molecule has 0 aromatic heterocycles. The van der Waals surface area contributed by atoms with Crippen molar-refractivity contribution in [1.29, 1.82) is 0 Å². The Morgan fingerprint density at radius 1 is 1.31 bits per heavy atom. The third kappa shape index (κ3) is 2.21. The van der Waals surface area contributed by atoms with E-state index in [0.717, 1.165) is 31.3 Å². The molecule has 2 fully saturated rings. The minimum Gasteiger partial charge on any atom is -0.345 e. The second-order valence-electron chi connectivity index (χ2n) is 4.31. The van der Waals surface area contributed by atoms with Gasteiger partial charge in [0.25, 0.3) is 0 Å². The lowest BCUT2D eigenvalue weighted by molar-refractivity contribution is -0.117. The first-order valence-electron chi connectivity index (χ1n) is 4.97. The molecule has 0 N–H and O–H groups in total. The summed E-state index contributed by atoms with van der Waals surface area (Å²) < 4.78 is 2.27. The molecular weight excluding hydrogens is 183 g/mol. The highest BCUT2D eigenvalue weighted by atomic mass is 31.0. The van der Waals surface area contributed by atoms with E-state index in [-0.39, 0.29) is 0 Å². The molecule has 2 unspecified atom stereocenters. The van der Waals surface area contributed by atoms with Crippen molar-refractivity contribution in [2.24, 2.45) is 11.8 Å². The third-order valence-corrected chi connectivity index (χ3v) is 3.54. The molecule has 0 aromatic carbocycles. The fourth-order valence-electron chi connectivity index (χ4n) is 2.38. The molecule has 2 heterocycles. The van der Waals surface area contributed by atoms with Crippen molar-refractivity contribution in [3.8, 4) is 0 Å². The van der Waals surface area contributed by atoms with Crippen LogP contribution < -0.4 is 0 Å². The maximum absolute atomic E-state index is 10.5. The average Bonchev–Trinajstić information content (AvgIpc) is 2.50. The summed E-state index contributed by atoms with van der Waals surface area (Å²) in [6, 6.07) is 0. The fraction of sp³-hybridized carbons (Fsp3) is 0.889. The summed E-state index contributed by atoms with van der Waals surface area (Å²) in [5.41, 5.74) is 0. The van der Waals surface area contributed by atoms with Gasteiger partial charge in [0.2, 0.25) is 6.41 Å². The summed E-state index contributed by atoms with van der Waals surface area (Å²) in [5.74, 6) is 1.66. The molecule has 2 rings (SSSR count). The molecule has 2 aliphatic heterocycles. The van der Waals surface area contributed by atoms with Crippen molar-refractivity contribution in [2.75, 3.05) is 26.2 Å². The van der Waals surface area contributed by atoms with Crippen LogP contribution in [-0.2, 0) is 4.79 Å². The Hall–Kier alpha value is -0.140. The van der Waals surface area contributed by atoms with Gasteiger partial charge >= 0.3 is 0 Å². The highest BCUT2D eigenvalue weighted by Crippen LogP contribution is 2.29. The van der Waals surface area contributed by atoms with Gasteiger partial charge in [-0.25, -0.2) is 0 Å². The summed E-state index contributed by atoms with van der Waals surface area (Å²) in [6.07, 6.45) is 3.52. The molecule has 0 aliphatic carbocycles. The van der Waals surface area contributed by atoms with E-state index in [0.29, 0.717) is 0 Å². The van der Waals surface area contributed by atoms with Crippen molar-refractivity contribution in [2.45, 2.75) is 12.8 Å². The first-order valence-corrected chi connectivity index (χ1v) is 5.48. The molecular formula is C9H17N2OP. The van der Waals surface area contributed by atoms with E-state index in [4.69, 9.17) is 0 Å². The van der Waals surface area contributed by atoms with Crippen molar-refractivity contribution in [1.82, 2.24) is 9.57 Å². The van der Waals surface area contributed by atoms with E-state index in [9.17, 15) is 4.79 Å². The molecule has 4 heteroatoms. The zero-order valence-corrected chi connectivity index (χ0v) is 9.01. The van der Waals surface area contributed by atoms with Crippen LogP contribution in [0.25, 0.3) is 0 Å². The third-order valence-electron chi connectivity index (χ3n) is 3.12. The number of hydrogen-bond acceptors (Lipinski definition) is 2. The fourth-order valence-corrected chi connectivity index (χ4v) is 2.98. The molecule has 1 amide bonds. The molecule has 2 atom stereocenters. The van der Waals surface area contributed by atoms with Crippen LogP contribution in [0.15, 0.2) is 0 Å². The molecule has 13 heavy (non-hydrogen) atoms. The molecule has 0 saturated carbocycles. The van der Waals surface area contributed by atoms with Gasteiger partial charge in [-0.05, 0) is 24.7 Å². The standard InChI is InChI=1S/C9H17N2OP/c12-7-10-2-1-8(4-10)3-9-5-11(13)6-9/h7-9H,1-6,13H2. The van der Waals surface area contributed by atoms with Gasteiger partial charge in [0.05, 0.1) is 0 Å². The molecule has 2 aliphatic rings. The van der Waals surface area contributed by atoms with Gasteiger partial charge in [0, 0.05) is 26.2 Å². The van der Waals surface area contributed by atoms with Crippen molar-refractivity contribution < 1.29 is 4.79 Å². The lowest BCUT2D eigenvalue weighted by atomic mass is 9.90. The second kappa shape index (κ2) is 3.93. The normalized spacial score (nSPS) is 30.5. The molecule has 0 spiro atoms. The van der Waals surface area contributed by atoms with Crippen LogP contribution in [0.1, 0.15) is 12.8 Å². The van der Waals surface area contributed by atoms with Crippen LogP contribution in [0.4, 0.5) is 0 Å². The van der Waals surface area contributed by atoms with Gasteiger partial charge in [-0.2, -0.15) is 0 Å². The molecule has 0 radical (unpaired) electrons. The Bertz CT molecular complexity index is 194. The zero-order valence-electron chi connectivity index (χ0n) is 7.85. The van der Waals surface area contributed by atoms with Gasteiger partial charge in [-0.1, -0.05) is 9.39 Å². The predicted molar refractivity (Wildman–Crippen MR) is 55.1 cm³/mol. The van der Waals surface area contributed by atoms with Gasteiger partial charge in [-0.3, -0.25) is 9.46 Å². The van der Waals surface area contributed by atoms with E-state index in [1.807, 2.05) is 4.90 Å². The topological polar surface area (TPSA) is 23.6 Å². The van der Waals surface area contributed by atoms with Gasteiger partial charge in [0.1, 0.15) is 0 Å². The Balaban J connectivity index is 1.69. The minimum absolute atomic E-state index is 0.772. The molecule has 0 aromatic rings. The van der Waals surface area contributed by atoms with Crippen LogP contribution >= 0.6 is 9.39 Å². The Kier molecular flexibility index (Phi) is 2.85. The molecule has 74 valence electrons. The lowest BCUT2D eigenvalue weighted by Crippen LogP contribution is -2.40. The Labute approximate surface area is 81.7 Å². The van der Waals surface area contributed by atoms with Crippen molar-refractivity contribution in [3.05, 3.63) is 0 Å². The number of likely N-dealkylation sites (tertiary alicyclic amines) is 1. The van der Waals surface area contributed by atoms with Crippen molar-refractivity contribution >= 4 is 15.8 Å². The molecule has 0 bridgehead atoms. The Morgan fingerprint density at radius 3 is 2.62 bits per heavy atom. The summed E-state index contributed by atoms with van der Waals surface area (Å²) in [5, 5.41) is 0. The maximum atomic E-state index is 10.5. The van der Waals surface area contributed by atoms with E-state index < -0.39 is 0 Å². The number of amides is 1. The number of hydrogen-bond donors (Lipinski definition) is 0. The van der Waals surface area contributed by atoms with E-state index in [1.54, 1.807) is 0 Å². The summed E-state index contributed by atoms with van der Waals surface area (Å²) in [6.45, 7) is 4.42. The van der Waals surface area contributed by atoms with Crippen LogP contribution in [0, 0.1) is 11.8 Å².